The van der Waals surface area contributed by atoms with Gasteiger partial charge in [-0.3, -0.25) is 14.9 Å². The first-order valence-electron chi connectivity index (χ1n) is 8.49. The van der Waals surface area contributed by atoms with Crippen molar-refractivity contribution in [3.63, 3.8) is 0 Å². The number of non-ortho nitro benzene ring substituents is 1. The molecule has 28 heavy (non-hydrogen) atoms. The Morgan fingerprint density at radius 3 is 2.61 bits per heavy atom. The van der Waals surface area contributed by atoms with Crippen LogP contribution >= 0.6 is 12.2 Å². The lowest BCUT2D eigenvalue weighted by Gasteiger charge is -2.31. The second-order valence-corrected chi connectivity index (χ2v) is 6.40. The van der Waals surface area contributed by atoms with Crippen molar-refractivity contribution in [1.29, 1.82) is 0 Å². The molecule has 0 saturated heterocycles. The van der Waals surface area contributed by atoms with Gasteiger partial charge in [0, 0.05) is 17.7 Å². The molecule has 144 valence electrons. The van der Waals surface area contributed by atoms with Crippen LogP contribution in [0.5, 0.6) is 5.75 Å². The van der Waals surface area contributed by atoms with E-state index in [0.717, 1.165) is 5.56 Å². The van der Waals surface area contributed by atoms with E-state index >= 15 is 0 Å². The van der Waals surface area contributed by atoms with Crippen molar-refractivity contribution in [2.24, 2.45) is 5.73 Å². The van der Waals surface area contributed by atoms with Crippen LogP contribution in [-0.2, 0) is 4.79 Å². The van der Waals surface area contributed by atoms with Gasteiger partial charge in [-0.1, -0.05) is 24.3 Å². The van der Waals surface area contributed by atoms with E-state index < -0.39 is 16.9 Å². The molecular weight excluding hydrogens is 380 g/mol. The third kappa shape index (κ3) is 3.94. The highest BCUT2D eigenvalue weighted by Gasteiger charge is 2.31. The average Bonchev–Trinajstić information content (AvgIpc) is 2.68. The Morgan fingerprint density at radius 1 is 1.29 bits per heavy atom. The first-order chi connectivity index (χ1) is 13.4. The molecule has 1 unspecified atom stereocenters. The molecule has 0 saturated carbocycles. The van der Waals surface area contributed by atoms with Gasteiger partial charge in [0.15, 0.2) is 5.11 Å². The lowest BCUT2D eigenvalue weighted by molar-refractivity contribution is -0.384. The molecular formula is C19H18N4O4S. The molecule has 1 aliphatic heterocycles. The summed E-state index contributed by atoms with van der Waals surface area (Å²) in [5.41, 5.74) is 7.35. The molecule has 2 aromatic carbocycles. The van der Waals surface area contributed by atoms with Crippen LogP contribution in [0, 0.1) is 10.1 Å². The van der Waals surface area contributed by atoms with Crippen LogP contribution in [-0.4, -0.2) is 22.5 Å². The molecule has 8 nitrogen and oxygen atoms in total. The number of carbonyl (C=O) groups is 1. The Morgan fingerprint density at radius 2 is 2.00 bits per heavy atom. The minimum atomic E-state index is -0.664. The number of nitrogens with zero attached hydrogens (tertiary/aromatic N) is 1. The number of rotatable bonds is 6. The zero-order chi connectivity index (χ0) is 20.3. The first-order valence-corrected chi connectivity index (χ1v) is 8.90. The summed E-state index contributed by atoms with van der Waals surface area (Å²) >= 11 is 5.28. The number of thiocarbonyl (C=S) groups is 1. The second-order valence-electron chi connectivity index (χ2n) is 5.99. The molecule has 1 atom stereocenters. The normalized spacial score (nSPS) is 16.2. The van der Waals surface area contributed by atoms with Crippen molar-refractivity contribution in [3.8, 4) is 5.75 Å². The summed E-state index contributed by atoms with van der Waals surface area (Å²) in [6.07, 6.45) is 0. The zero-order valence-electron chi connectivity index (χ0n) is 15.0. The van der Waals surface area contributed by atoms with Gasteiger partial charge < -0.3 is 21.1 Å². The SMILES string of the molecule is CCOc1ccc(C2NC(=S)NC(c3cccc([N+](=O)[O-])c3)=C2C(N)=O)cc1. The first kappa shape index (κ1) is 19.3. The number of carbonyl (C=O) groups excluding carboxylic acids is 1. The van der Waals surface area contributed by atoms with Gasteiger partial charge in [0.05, 0.1) is 28.8 Å². The van der Waals surface area contributed by atoms with Crippen LogP contribution in [0.1, 0.15) is 24.1 Å². The maximum atomic E-state index is 12.3. The highest BCUT2D eigenvalue weighted by Crippen LogP contribution is 2.32. The summed E-state index contributed by atoms with van der Waals surface area (Å²) in [5.74, 6) is 0.0363. The van der Waals surface area contributed by atoms with Gasteiger partial charge in [0.1, 0.15) is 5.75 Å². The van der Waals surface area contributed by atoms with Crippen LogP contribution in [0.25, 0.3) is 5.70 Å². The molecule has 2 aromatic rings. The third-order valence-electron chi connectivity index (χ3n) is 4.21. The smallest absolute Gasteiger partial charge is 0.270 e. The Balaban J connectivity index is 2.11. The van der Waals surface area contributed by atoms with Crippen LogP contribution in [0.15, 0.2) is 54.1 Å². The van der Waals surface area contributed by atoms with E-state index in [-0.39, 0.29) is 16.4 Å². The van der Waals surface area contributed by atoms with Gasteiger partial charge >= 0.3 is 0 Å². The highest BCUT2D eigenvalue weighted by atomic mass is 32.1. The number of nitro groups is 1. The quantitative estimate of drug-likeness (QED) is 0.388. The zero-order valence-corrected chi connectivity index (χ0v) is 15.8. The topological polar surface area (TPSA) is 120 Å². The second kappa shape index (κ2) is 8.05. The van der Waals surface area contributed by atoms with E-state index in [1.54, 1.807) is 18.2 Å². The number of nitrogens with two attached hydrogens (primary N) is 1. The van der Waals surface area contributed by atoms with E-state index in [4.69, 9.17) is 22.7 Å². The predicted molar refractivity (Wildman–Crippen MR) is 108 cm³/mol. The molecule has 0 radical (unpaired) electrons. The van der Waals surface area contributed by atoms with Gasteiger partial charge in [-0.15, -0.1) is 0 Å². The van der Waals surface area contributed by atoms with Crippen LogP contribution < -0.4 is 21.1 Å². The van der Waals surface area contributed by atoms with Crippen molar-refractivity contribution in [1.82, 2.24) is 10.6 Å². The number of benzene rings is 2. The van der Waals surface area contributed by atoms with E-state index in [1.165, 1.54) is 18.2 Å². The number of hydrogen-bond donors (Lipinski definition) is 3. The summed E-state index contributed by atoms with van der Waals surface area (Å²) in [4.78, 5) is 22.9. The maximum Gasteiger partial charge on any atom is 0.270 e. The van der Waals surface area contributed by atoms with Gasteiger partial charge in [0.25, 0.3) is 5.69 Å². The molecule has 0 spiro atoms. The van der Waals surface area contributed by atoms with Gasteiger partial charge in [-0.05, 0) is 36.8 Å². The lowest BCUT2D eigenvalue weighted by Crippen LogP contribution is -2.46. The van der Waals surface area contributed by atoms with E-state index in [2.05, 4.69) is 10.6 Å². The van der Waals surface area contributed by atoms with Gasteiger partial charge in [0.2, 0.25) is 5.91 Å². The van der Waals surface area contributed by atoms with Gasteiger partial charge in [-0.25, -0.2) is 0 Å². The minimum Gasteiger partial charge on any atom is -0.494 e. The molecule has 1 aliphatic rings. The Bertz CT molecular complexity index is 972. The number of ether oxygens (including phenoxy) is 1. The molecule has 0 bridgehead atoms. The minimum absolute atomic E-state index is 0.0994. The third-order valence-corrected chi connectivity index (χ3v) is 4.43. The van der Waals surface area contributed by atoms with Crippen molar-refractivity contribution in [3.05, 3.63) is 75.3 Å². The van der Waals surface area contributed by atoms with Crippen LogP contribution in [0.4, 0.5) is 5.69 Å². The summed E-state index contributed by atoms with van der Waals surface area (Å²) in [6, 6.07) is 12.5. The number of nitrogens with one attached hydrogen (secondary N) is 2. The summed E-state index contributed by atoms with van der Waals surface area (Å²) in [5, 5.41) is 17.3. The number of primary amides is 1. The fraction of sp³-hybridized carbons (Fsp3) is 0.158. The monoisotopic (exact) mass is 398 g/mol. The molecule has 0 fully saturated rings. The molecule has 0 aliphatic carbocycles. The fourth-order valence-electron chi connectivity index (χ4n) is 3.01. The van der Waals surface area contributed by atoms with E-state index in [0.29, 0.717) is 23.6 Å². The van der Waals surface area contributed by atoms with Gasteiger partial charge in [-0.2, -0.15) is 0 Å². The highest BCUT2D eigenvalue weighted by molar-refractivity contribution is 7.80. The Hall–Kier alpha value is -3.46. The lowest BCUT2D eigenvalue weighted by atomic mass is 9.92. The van der Waals surface area contributed by atoms with Crippen LogP contribution in [0.3, 0.4) is 0 Å². The standard InChI is InChI=1S/C19H18N4O4S/c1-2-27-14-8-6-11(7-9-14)16-15(18(20)24)17(22-19(28)21-16)12-4-3-5-13(10-12)23(25)26/h3-10,16H,2H2,1H3,(H2,20,24)(H2,21,22,28). The van der Waals surface area contributed by atoms with Crippen LogP contribution in [0.2, 0.25) is 0 Å². The van der Waals surface area contributed by atoms with Crippen molar-refractivity contribution < 1.29 is 14.5 Å². The molecule has 3 rings (SSSR count). The average molecular weight is 398 g/mol. The van der Waals surface area contributed by atoms with Crippen molar-refractivity contribution in [2.45, 2.75) is 13.0 Å². The summed E-state index contributed by atoms with van der Waals surface area (Å²) < 4.78 is 5.44. The molecule has 0 aromatic heterocycles. The molecule has 9 heteroatoms. The number of hydrogen-bond acceptors (Lipinski definition) is 5. The van der Waals surface area contributed by atoms with E-state index in [1.807, 2.05) is 19.1 Å². The largest absolute Gasteiger partial charge is 0.494 e. The number of nitro benzene ring substituents is 1. The predicted octanol–water partition coefficient (Wildman–Crippen LogP) is 2.41. The number of amides is 1. The maximum absolute atomic E-state index is 12.3. The summed E-state index contributed by atoms with van der Waals surface area (Å²) in [7, 11) is 0. The summed E-state index contributed by atoms with van der Waals surface area (Å²) in [6.45, 7) is 2.43. The van der Waals surface area contributed by atoms with Crippen molar-refractivity contribution in [2.75, 3.05) is 6.61 Å². The Labute approximate surface area is 166 Å². The molecule has 4 N–H and O–H groups in total. The van der Waals surface area contributed by atoms with Crippen molar-refractivity contribution >= 4 is 34.6 Å². The fourth-order valence-corrected chi connectivity index (χ4v) is 3.23. The van der Waals surface area contributed by atoms with E-state index in [9.17, 15) is 14.9 Å². The molecule has 1 heterocycles. The molecule has 1 amide bonds. The Kier molecular flexibility index (Phi) is 5.55.